The number of hydrogen-bond acceptors (Lipinski definition) is 10. The van der Waals surface area contributed by atoms with E-state index in [0.717, 1.165) is 12.8 Å². The van der Waals surface area contributed by atoms with Gasteiger partial charge in [-0.1, -0.05) is 53.5 Å². The first-order valence-electron chi connectivity index (χ1n) is 13.2. The Morgan fingerprint density at radius 3 is 1.92 bits per heavy atom. The predicted molar refractivity (Wildman–Crippen MR) is 141 cm³/mol. The van der Waals surface area contributed by atoms with Crippen LogP contribution in [0, 0.1) is 11.8 Å². The van der Waals surface area contributed by atoms with E-state index in [-0.39, 0.29) is 49.4 Å². The summed E-state index contributed by atoms with van der Waals surface area (Å²) in [5, 5.41) is 0. The fraction of sp³-hybridized carbons (Fsp3) is 0.643. The Bertz CT molecular complexity index is 933. The number of rotatable bonds is 16. The molecule has 3 atom stereocenters. The van der Waals surface area contributed by atoms with Gasteiger partial charge in [0.2, 0.25) is 0 Å². The third-order valence-corrected chi connectivity index (χ3v) is 5.98. The highest BCUT2D eigenvalue weighted by atomic mass is 16.7. The monoisotopic (exact) mass is 537 g/mol. The van der Waals surface area contributed by atoms with Crippen LogP contribution in [-0.4, -0.2) is 49.9 Å². The van der Waals surface area contributed by atoms with Crippen LogP contribution in [-0.2, 0) is 35.0 Å². The fourth-order valence-corrected chi connectivity index (χ4v) is 3.72. The summed E-state index contributed by atoms with van der Waals surface area (Å²) in [7, 11) is 1.21. The van der Waals surface area contributed by atoms with Crippen LogP contribution in [0.25, 0.3) is 0 Å². The molecule has 0 aliphatic rings. The molecule has 0 aromatic heterocycles. The zero-order valence-electron chi connectivity index (χ0n) is 23.5. The lowest BCUT2D eigenvalue weighted by molar-refractivity contribution is -0.148. The Morgan fingerprint density at radius 2 is 1.39 bits per heavy atom. The normalized spacial score (nSPS) is 14.0. The first kappa shape index (κ1) is 32.9. The smallest absolute Gasteiger partial charge is 0.468 e. The van der Waals surface area contributed by atoms with E-state index < -0.39 is 29.6 Å². The summed E-state index contributed by atoms with van der Waals surface area (Å²) in [6.07, 6.45) is 2.63. The van der Waals surface area contributed by atoms with Gasteiger partial charge in [0.1, 0.15) is 5.54 Å². The van der Waals surface area contributed by atoms with Gasteiger partial charge in [-0.15, -0.1) is 0 Å². The van der Waals surface area contributed by atoms with Crippen molar-refractivity contribution in [2.75, 3.05) is 20.3 Å². The summed E-state index contributed by atoms with van der Waals surface area (Å²) in [6, 6.07) is 4.65. The third-order valence-electron chi connectivity index (χ3n) is 5.98. The first-order valence-corrected chi connectivity index (χ1v) is 13.2. The maximum absolute atomic E-state index is 12.7. The number of carbonyl (C=O) groups is 4. The molecule has 2 unspecified atom stereocenters. The minimum Gasteiger partial charge on any atom is -0.468 e. The minimum atomic E-state index is -1.55. The zero-order chi connectivity index (χ0) is 28.7. The molecule has 0 fully saturated rings. The Labute approximate surface area is 225 Å². The average molecular weight is 538 g/mol. The highest BCUT2D eigenvalue weighted by Gasteiger charge is 2.36. The SMILES string of the molecule is CCCOC(=O)OCC[C@@](N)(Cc1ccc(OC(=O)C(C)CCC)c(OC(=O)C(C)CCC)c1)C(=O)OC. The Kier molecular flexibility index (Phi) is 14.4. The number of nitrogens with two attached hydrogens (primary N) is 1. The van der Waals surface area contributed by atoms with Crippen LogP contribution in [0.2, 0.25) is 0 Å². The topological polar surface area (TPSA) is 140 Å². The van der Waals surface area contributed by atoms with Crippen LogP contribution in [0.4, 0.5) is 4.79 Å². The average Bonchev–Trinajstić information content (AvgIpc) is 2.88. The van der Waals surface area contributed by atoms with Gasteiger partial charge in [-0.05, 0) is 37.0 Å². The van der Waals surface area contributed by atoms with Gasteiger partial charge in [0.15, 0.2) is 11.5 Å². The minimum absolute atomic E-state index is 0.0252. The highest BCUT2D eigenvalue weighted by Crippen LogP contribution is 2.32. The van der Waals surface area contributed by atoms with Gasteiger partial charge in [0.05, 0.1) is 32.2 Å². The Hall–Kier alpha value is -3.14. The lowest BCUT2D eigenvalue weighted by Gasteiger charge is -2.26. The van der Waals surface area contributed by atoms with Crippen LogP contribution in [0.15, 0.2) is 18.2 Å². The van der Waals surface area contributed by atoms with Crippen molar-refractivity contribution in [2.24, 2.45) is 17.6 Å². The zero-order valence-corrected chi connectivity index (χ0v) is 23.5. The van der Waals surface area contributed by atoms with E-state index in [1.807, 2.05) is 20.8 Å². The molecule has 0 aliphatic heterocycles. The number of carbonyl (C=O) groups excluding carboxylic acids is 4. The van der Waals surface area contributed by atoms with Crippen LogP contribution in [0.1, 0.15) is 78.7 Å². The molecule has 10 heteroatoms. The number of benzene rings is 1. The van der Waals surface area contributed by atoms with Crippen LogP contribution < -0.4 is 15.2 Å². The molecule has 0 spiro atoms. The predicted octanol–water partition coefficient (Wildman–Crippen LogP) is 4.74. The lowest BCUT2D eigenvalue weighted by Crippen LogP contribution is -2.51. The second-order valence-electron chi connectivity index (χ2n) is 9.52. The van der Waals surface area contributed by atoms with Crippen molar-refractivity contribution in [3.8, 4) is 11.5 Å². The second-order valence-corrected chi connectivity index (χ2v) is 9.52. The van der Waals surface area contributed by atoms with E-state index >= 15 is 0 Å². The quantitative estimate of drug-likeness (QED) is 0.232. The molecule has 10 nitrogen and oxygen atoms in total. The largest absolute Gasteiger partial charge is 0.508 e. The van der Waals surface area contributed by atoms with E-state index in [9.17, 15) is 19.2 Å². The highest BCUT2D eigenvalue weighted by molar-refractivity contribution is 5.81. The molecule has 0 saturated carbocycles. The lowest BCUT2D eigenvalue weighted by atomic mass is 9.88. The molecule has 1 rings (SSSR count). The molecule has 2 N–H and O–H groups in total. The summed E-state index contributed by atoms with van der Waals surface area (Å²) in [5.41, 5.74) is 5.38. The van der Waals surface area contributed by atoms with Crippen molar-refractivity contribution in [1.29, 1.82) is 0 Å². The maximum atomic E-state index is 12.7. The van der Waals surface area contributed by atoms with Crippen molar-refractivity contribution in [2.45, 2.75) is 85.1 Å². The van der Waals surface area contributed by atoms with Crippen molar-refractivity contribution >= 4 is 24.1 Å². The first-order chi connectivity index (χ1) is 18.0. The molecule has 0 aliphatic carbocycles. The molecule has 0 radical (unpaired) electrons. The van der Waals surface area contributed by atoms with Crippen molar-refractivity contribution < 1.29 is 42.9 Å². The van der Waals surface area contributed by atoms with Gasteiger partial charge in [-0.25, -0.2) is 4.79 Å². The van der Waals surface area contributed by atoms with E-state index in [1.165, 1.54) is 19.2 Å². The summed E-state index contributed by atoms with van der Waals surface area (Å²) in [5.74, 6) is -2.15. The molecular weight excluding hydrogens is 494 g/mol. The van der Waals surface area contributed by atoms with Gasteiger partial charge in [-0.3, -0.25) is 14.4 Å². The summed E-state index contributed by atoms with van der Waals surface area (Å²) >= 11 is 0. The van der Waals surface area contributed by atoms with Crippen LogP contribution in [0.3, 0.4) is 0 Å². The molecule has 1 aromatic carbocycles. The Balaban J connectivity index is 3.20. The summed E-state index contributed by atoms with van der Waals surface area (Å²) in [6.45, 7) is 9.37. The van der Waals surface area contributed by atoms with Crippen LogP contribution in [0.5, 0.6) is 11.5 Å². The molecule has 0 amide bonds. The number of esters is 3. The molecule has 214 valence electrons. The van der Waals surface area contributed by atoms with Gasteiger partial charge in [-0.2, -0.15) is 0 Å². The Morgan fingerprint density at radius 1 is 0.842 bits per heavy atom. The summed E-state index contributed by atoms with van der Waals surface area (Å²) < 4.78 is 26.0. The van der Waals surface area contributed by atoms with Gasteiger partial charge in [0.25, 0.3) is 0 Å². The van der Waals surface area contributed by atoms with Crippen molar-refractivity contribution in [3.63, 3.8) is 0 Å². The van der Waals surface area contributed by atoms with E-state index in [1.54, 1.807) is 19.9 Å². The third kappa shape index (κ3) is 10.7. The fourth-order valence-electron chi connectivity index (χ4n) is 3.72. The molecule has 0 bridgehead atoms. The van der Waals surface area contributed by atoms with Crippen LogP contribution >= 0.6 is 0 Å². The van der Waals surface area contributed by atoms with Gasteiger partial charge >= 0.3 is 24.1 Å². The van der Waals surface area contributed by atoms with Gasteiger partial charge in [0, 0.05) is 12.8 Å². The second kappa shape index (κ2) is 16.7. The number of hydrogen-bond donors (Lipinski definition) is 1. The van der Waals surface area contributed by atoms with Gasteiger partial charge < -0.3 is 29.4 Å². The summed E-state index contributed by atoms with van der Waals surface area (Å²) in [4.78, 5) is 49.5. The standard InChI is InChI=1S/C28H43NO9/c1-7-10-19(4)24(30)37-22-13-12-21(17-23(22)38-25(31)20(5)11-8-2)18-28(29,26(32)34-6)14-16-36-27(33)35-15-9-3/h12-13,17,19-20H,7-11,14-16,18,29H2,1-6H3/t19?,20?,28-/m1/s1. The molecule has 38 heavy (non-hydrogen) atoms. The number of ether oxygens (including phenoxy) is 5. The molecule has 0 heterocycles. The number of methoxy groups -OCH3 is 1. The molecular formula is C28H43NO9. The van der Waals surface area contributed by atoms with E-state index in [2.05, 4.69) is 0 Å². The van der Waals surface area contributed by atoms with E-state index in [4.69, 9.17) is 29.4 Å². The van der Waals surface area contributed by atoms with Crippen molar-refractivity contribution in [3.05, 3.63) is 23.8 Å². The van der Waals surface area contributed by atoms with Crippen molar-refractivity contribution in [1.82, 2.24) is 0 Å². The maximum Gasteiger partial charge on any atom is 0.508 e. The molecule has 0 saturated heterocycles. The molecule has 1 aromatic rings. The van der Waals surface area contributed by atoms with E-state index in [0.29, 0.717) is 24.8 Å².